The van der Waals surface area contributed by atoms with E-state index in [2.05, 4.69) is 0 Å². The summed E-state index contributed by atoms with van der Waals surface area (Å²) in [6, 6.07) is 9.61. The Morgan fingerprint density at radius 1 is 1.00 bits per heavy atom. The molecule has 5 rings (SSSR count). The van der Waals surface area contributed by atoms with E-state index in [0.717, 1.165) is 48.6 Å². The largest absolute Gasteiger partial charge is 0.480 e. The van der Waals surface area contributed by atoms with E-state index in [1.807, 2.05) is 45.0 Å². The Bertz CT molecular complexity index is 1470. The molecule has 0 spiro atoms. The van der Waals surface area contributed by atoms with Gasteiger partial charge in [0.25, 0.3) is 17.7 Å². The molecule has 1 saturated heterocycles. The van der Waals surface area contributed by atoms with Crippen molar-refractivity contribution in [1.29, 1.82) is 0 Å². The quantitative estimate of drug-likeness (QED) is 0.154. The minimum Gasteiger partial charge on any atom is -0.480 e. The first-order valence-corrected chi connectivity index (χ1v) is 15.8. The summed E-state index contributed by atoms with van der Waals surface area (Å²) < 4.78 is 25.0. The van der Waals surface area contributed by atoms with E-state index in [0.29, 0.717) is 48.8 Å². The van der Waals surface area contributed by atoms with Gasteiger partial charge in [-0.05, 0) is 63.6 Å². The van der Waals surface area contributed by atoms with Gasteiger partial charge in [-0.1, -0.05) is 61.2 Å². The van der Waals surface area contributed by atoms with Crippen LogP contribution in [0.15, 0.2) is 47.5 Å². The van der Waals surface area contributed by atoms with Crippen molar-refractivity contribution in [1.82, 2.24) is 5.06 Å². The Kier molecular flexibility index (Phi) is 11.6. The predicted octanol–water partition coefficient (Wildman–Crippen LogP) is 6.98. The third-order valence-electron chi connectivity index (χ3n) is 7.65. The van der Waals surface area contributed by atoms with Crippen LogP contribution in [0.2, 0.25) is 10.0 Å². The number of halogens is 3. The maximum atomic E-state index is 14.5. The summed E-state index contributed by atoms with van der Waals surface area (Å²) in [5.74, 6) is -2.40. The van der Waals surface area contributed by atoms with Crippen LogP contribution in [0.4, 0.5) is 10.1 Å². The highest BCUT2D eigenvalue weighted by atomic mass is 35.5. The summed E-state index contributed by atoms with van der Waals surface area (Å²) in [5, 5.41) is 1.98. The van der Waals surface area contributed by atoms with Crippen LogP contribution in [0.3, 0.4) is 0 Å². The summed E-state index contributed by atoms with van der Waals surface area (Å²) >= 11 is 12.0. The number of amides is 3. The summed E-state index contributed by atoms with van der Waals surface area (Å²) in [5.41, 5.74) is 1.14. The second-order valence-electron chi connectivity index (χ2n) is 11.7. The Morgan fingerprint density at radius 2 is 1.67 bits per heavy atom. The second-order valence-corrected chi connectivity index (χ2v) is 12.5. The summed E-state index contributed by atoms with van der Waals surface area (Å²) in [7, 11) is 0. The number of hydroxylamine groups is 2. The Morgan fingerprint density at radius 3 is 2.27 bits per heavy atom. The average molecular weight is 664 g/mol. The molecule has 0 aromatic heterocycles. The highest BCUT2D eigenvalue weighted by molar-refractivity contribution is 6.34. The number of benzene rings is 2. The van der Waals surface area contributed by atoms with Gasteiger partial charge in [0.05, 0.1) is 35.9 Å². The zero-order valence-electron chi connectivity index (χ0n) is 25.6. The molecule has 242 valence electrons. The zero-order chi connectivity index (χ0) is 32.7. The minimum absolute atomic E-state index is 0.000883. The van der Waals surface area contributed by atoms with Crippen molar-refractivity contribution in [3.05, 3.63) is 69.0 Å². The SMILES string of the molecule is CC1(C)CON(Cc2ccccc2Cl)C1=O.CCCCCOC(=O)COc1cc(N2C(=O)C3=C(CCCC3)C2=O)c(F)cc1Cl. The standard InChI is InChI=1S/C21H23ClFNO5.C12H14ClNO2/c1-2-3-6-9-28-19(25)12-29-18-11-17(16(23)10-15(18)22)24-20(26)13-7-4-5-8-14(13)21(24)27;1-12(2)8-16-14(11(12)15)7-9-5-3-4-6-10(9)13/h10-11H,2-9,12H2,1H3;3-6H,7-8H2,1-2H3. The molecule has 0 radical (unpaired) electrons. The molecule has 2 aliphatic heterocycles. The van der Waals surface area contributed by atoms with Gasteiger partial charge in [0, 0.05) is 22.2 Å². The molecule has 2 aromatic rings. The fourth-order valence-electron chi connectivity index (χ4n) is 5.07. The maximum Gasteiger partial charge on any atom is 0.344 e. The molecule has 2 heterocycles. The lowest BCUT2D eigenvalue weighted by Gasteiger charge is -2.18. The molecule has 0 unspecified atom stereocenters. The third kappa shape index (κ3) is 8.23. The van der Waals surface area contributed by atoms with Crippen molar-refractivity contribution in [2.24, 2.45) is 5.41 Å². The molecule has 9 nitrogen and oxygen atoms in total. The minimum atomic E-state index is -0.814. The van der Waals surface area contributed by atoms with E-state index in [1.165, 1.54) is 11.1 Å². The molecule has 3 amide bonds. The molecule has 0 N–H and O–H groups in total. The first kappa shape index (κ1) is 34.4. The van der Waals surface area contributed by atoms with Crippen LogP contribution >= 0.6 is 23.2 Å². The van der Waals surface area contributed by atoms with Crippen LogP contribution < -0.4 is 9.64 Å². The number of imide groups is 1. The van der Waals surface area contributed by atoms with Gasteiger partial charge in [-0.3, -0.25) is 19.2 Å². The fourth-order valence-corrected chi connectivity index (χ4v) is 5.47. The zero-order valence-corrected chi connectivity index (χ0v) is 27.1. The monoisotopic (exact) mass is 662 g/mol. The van der Waals surface area contributed by atoms with Crippen LogP contribution in [-0.2, 0) is 35.3 Å². The molecular formula is C33H37Cl2FN2O7. The number of rotatable bonds is 10. The van der Waals surface area contributed by atoms with Gasteiger partial charge in [-0.25, -0.2) is 19.1 Å². The van der Waals surface area contributed by atoms with Crippen molar-refractivity contribution < 1.29 is 37.9 Å². The normalized spacial score (nSPS) is 17.3. The first-order valence-electron chi connectivity index (χ1n) is 15.0. The lowest BCUT2D eigenvalue weighted by molar-refractivity contribution is -0.165. The van der Waals surface area contributed by atoms with Gasteiger partial charge in [0.1, 0.15) is 11.6 Å². The lowest BCUT2D eigenvalue weighted by atomic mass is 9.93. The number of nitrogens with zero attached hydrogens (tertiary/aromatic N) is 2. The smallest absolute Gasteiger partial charge is 0.344 e. The van der Waals surface area contributed by atoms with Crippen molar-refractivity contribution >= 4 is 52.6 Å². The van der Waals surface area contributed by atoms with E-state index in [-0.39, 0.29) is 22.4 Å². The fraction of sp³-hybridized carbons (Fsp3) is 0.455. The van der Waals surface area contributed by atoms with Gasteiger partial charge in [0.2, 0.25) is 0 Å². The van der Waals surface area contributed by atoms with Gasteiger partial charge >= 0.3 is 5.97 Å². The van der Waals surface area contributed by atoms with Crippen LogP contribution in [0.1, 0.15) is 71.3 Å². The van der Waals surface area contributed by atoms with Crippen LogP contribution in [0.5, 0.6) is 5.75 Å². The lowest BCUT2D eigenvalue weighted by Crippen LogP contribution is -2.32. The topological polar surface area (TPSA) is 102 Å². The maximum absolute atomic E-state index is 14.5. The van der Waals surface area contributed by atoms with E-state index >= 15 is 0 Å². The summed E-state index contributed by atoms with van der Waals surface area (Å²) in [4.78, 5) is 55.2. The summed E-state index contributed by atoms with van der Waals surface area (Å²) in [6.45, 7) is 6.52. The molecule has 1 fully saturated rings. The van der Waals surface area contributed by atoms with E-state index in [1.54, 1.807) is 0 Å². The van der Waals surface area contributed by atoms with E-state index in [9.17, 15) is 23.6 Å². The Balaban J connectivity index is 0.000000242. The van der Waals surface area contributed by atoms with Crippen molar-refractivity contribution in [3.8, 4) is 5.75 Å². The Labute approximate surface area is 272 Å². The van der Waals surface area contributed by atoms with Crippen LogP contribution in [-0.4, -0.2) is 48.6 Å². The first-order chi connectivity index (χ1) is 21.4. The number of esters is 1. The molecule has 3 aliphatic rings. The Hall–Kier alpha value is -3.47. The number of carbonyl (C=O) groups excluding carboxylic acids is 4. The van der Waals surface area contributed by atoms with Crippen LogP contribution in [0.25, 0.3) is 0 Å². The number of ether oxygens (including phenoxy) is 2. The number of hydrogen-bond donors (Lipinski definition) is 0. The molecule has 0 atom stereocenters. The van der Waals surface area contributed by atoms with Crippen molar-refractivity contribution in [2.45, 2.75) is 72.3 Å². The van der Waals surface area contributed by atoms with Gasteiger partial charge in [-0.2, -0.15) is 0 Å². The average Bonchev–Trinajstić information content (AvgIpc) is 3.42. The number of carbonyl (C=O) groups is 4. The molecule has 0 bridgehead atoms. The number of anilines is 1. The molecule has 12 heteroatoms. The highest BCUT2D eigenvalue weighted by Gasteiger charge is 2.42. The van der Waals surface area contributed by atoms with E-state index < -0.39 is 35.6 Å². The van der Waals surface area contributed by atoms with E-state index in [4.69, 9.17) is 37.5 Å². The number of hydrogen-bond acceptors (Lipinski definition) is 7. The van der Waals surface area contributed by atoms with Gasteiger partial charge < -0.3 is 9.47 Å². The molecule has 45 heavy (non-hydrogen) atoms. The van der Waals surface area contributed by atoms with Crippen molar-refractivity contribution in [3.63, 3.8) is 0 Å². The molecule has 0 saturated carbocycles. The number of unbranched alkanes of at least 4 members (excludes halogenated alkanes) is 2. The molecular weight excluding hydrogens is 626 g/mol. The third-order valence-corrected chi connectivity index (χ3v) is 8.31. The van der Waals surface area contributed by atoms with Crippen molar-refractivity contribution in [2.75, 3.05) is 24.7 Å². The van der Waals surface area contributed by atoms with Crippen LogP contribution in [0, 0.1) is 11.2 Å². The van der Waals surface area contributed by atoms with Gasteiger partial charge in [0.15, 0.2) is 6.61 Å². The molecule has 1 aliphatic carbocycles. The van der Waals surface area contributed by atoms with Gasteiger partial charge in [-0.15, -0.1) is 0 Å². The highest BCUT2D eigenvalue weighted by Crippen LogP contribution is 2.39. The summed E-state index contributed by atoms with van der Waals surface area (Å²) in [6.07, 6.45) is 5.40. The molecule has 2 aromatic carbocycles. The second kappa shape index (κ2) is 15.2. The predicted molar refractivity (Wildman–Crippen MR) is 167 cm³/mol.